The number of urea groups is 1. The van der Waals surface area contributed by atoms with Gasteiger partial charge in [0.25, 0.3) is 0 Å². The van der Waals surface area contributed by atoms with E-state index >= 15 is 0 Å². The van der Waals surface area contributed by atoms with Crippen LogP contribution in [-0.4, -0.2) is 77.1 Å². The Labute approximate surface area is 249 Å². The Balaban J connectivity index is 1.02. The second-order valence-corrected chi connectivity index (χ2v) is 15.9. The number of allylic oxidation sites excluding steroid dienone is 1. The summed E-state index contributed by atoms with van der Waals surface area (Å²) in [6, 6.07) is 0.201. The first kappa shape index (κ1) is 29.5. The molecule has 3 amide bonds. The van der Waals surface area contributed by atoms with Crippen LogP contribution in [0.5, 0.6) is 0 Å². The number of hydrogen-bond acceptors (Lipinski definition) is 3. The fourth-order valence-corrected chi connectivity index (χ4v) is 10.8. The lowest BCUT2D eigenvalue weighted by molar-refractivity contribution is -0.134. The van der Waals surface area contributed by atoms with Crippen molar-refractivity contribution >= 4 is 11.9 Å². The summed E-state index contributed by atoms with van der Waals surface area (Å²) >= 11 is 0. The van der Waals surface area contributed by atoms with Crippen LogP contribution in [0.25, 0.3) is 0 Å². The van der Waals surface area contributed by atoms with Crippen molar-refractivity contribution in [3.8, 4) is 0 Å². The predicted molar refractivity (Wildman–Crippen MR) is 163 cm³/mol. The molecule has 6 nitrogen and oxygen atoms in total. The normalized spacial score (nSPS) is 41.2. The molecular formula is C35H57N3O3. The van der Waals surface area contributed by atoms with Crippen molar-refractivity contribution in [1.29, 1.82) is 0 Å². The molecule has 41 heavy (non-hydrogen) atoms. The highest BCUT2D eigenvalue weighted by molar-refractivity contribution is 5.78. The molecule has 4 saturated carbocycles. The van der Waals surface area contributed by atoms with Crippen molar-refractivity contribution in [3.05, 3.63) is 11.6 Å². The lowest BCUT2D eigenvalue weighted by Gasteiger charge is -2.58. The second-order valence-electron chi connectivity index (χ2n) is 15.9. The third-order valence-corrected chi connectivity index (χ3v) is 13.4. The van der Waals surface area contributed by atoms with E-state index in [2.05, 4.69) is 33.8 Å². The van der Waals surface area contributed by atoms with E-state index in [4.69, 9.17) is 0 Å². The summed E-state index contributed by atoms with van der Waals surface area (Å²) in [6.07, 6.45) is 16.1. The lowest BCUT2D eigenvalue weighted by Crippen LogP contribution is -2.58. The van der Waals surface area contributed by atoms with Crippen molar-refractivity contribution in [2.45, 2.75) is 117 Å². The average molecular weight is 568 g/mol. The molecule has 5 aliphatic carbocycles. The summed E-state index contributed by atoms with van der Waals surface area (Å²) in [5, 5.41) is 10.3. The number of amides is 3. The summed E-state index contributed by atoms with van der Waals surface area (Å²) in [5.74, 6) is 4.63. The maximum Gasteiger partial charge on any atom is 0.320 e. The number of aliphatic hydroxyl groups excluding tert-OH is 1. The van der Waals surface area contributed by atoms with Gasteiger partial charge in [0.1, 0.15) is 0 Å². The van der Waals surface area contributed by atoms with Crippen LogP contribution >= 0.6 is 0 Å². The third kappa shape index (κ3) is 5.38. The average Bonchev–Trinajstić information content (AvgIpc) is 3.69. The number of carbonyl (C=O) groups excluding carboxylic acids is 2. The molecule has 230 valence electrons. The van der Waals surface area contributed by atoms with Gasteiger partial charge in [-0.15, -0.1) is 0 Å². The van der Waals surface area contributed by atoms with Gasteiger partial charge in [0.05, 0.1) is 6.10 Å². The molecule has 9 atom stereocenters. The van der Waals surface area contributed by atoms with Gasteiger partial charge in [-0.05, 0) is 124 Å². The van der Waals surface area contributed by atoms with Crippen LogP contribution in [0.1, 0.15) is 105 Å². The number of carbonyl (C=O) groups is 2. The van der Waals surface area contributed by atoms with Crippen molar-refractivity contribution in [1.82, 2.24) is 14.7 Å². The smallest absolute Gasteiger partial charge is 0.320 e. The fraction of sp³-hybridized carbons (Fsp3) is 0.886. The largest absolute Gasteiger partial charge is 0.393 e. The number of rotatable bonds is 6. The first-order valence-electron chi connectivity index (χ1n) is 17.2. The molecule has 0 aromatic heterocycles. The summed E-state index contributed by atoms with van der Waals surface area (Å²) in [5.41, 5.74) is 2.26. The van der Waals surface area contributed by atoms with Gasteiger partial charge < -0.3 is 19.8 Å². The van der Waals surface area contributed by atoms with Gasteiger partial charge >= 0.3 is 6.03 Å². The van der Waals surface area contributed by atoms with E-state index in [1.54, 1.807) is 5.57 Å². The van der Waals surface area contributed by atoms with Gasteiger partial charge in [-0.25, -0.2) is 4.79 Å². The van der Waals surface area contributed by atoms with E-state index in [0.717, 1.165) is 50.0 Å². The Bertz CT molecular complexity index is 1040. The summed E-state index contributed by atoms with van der Waals surface area (Å²) in [7, 11) is 1.93. The number of fused-ring (bicyclic) bond motifs is 5. The number of piperazine rings is 1. The van der Waals surface area contributed by atoms with E-state index in [-0.39, 0.29) is 24.1 Å². The standard InChI is InChI=1S/C35H57N3O3/c1-23(6-13-32(40)37-18-19-38(24(2)21-37)33(41)36(5)22-25-7-8-25)29-11-12-30-28-10-9-26-20-27(39)14-16-34(26,3)31(28)15-17-35(29,30)4/h9,23-25,27-31,39H,6-8,10-22H2,1-5H3/t23-,24?,27+,28+,29-,30+,31+,34+,35-/m1/s1. The second kappa shape index (κ2) is 11.2. The van der Waals surface area contributed by atoms with Crippen molar-refractivity contribution in [2.75, 3.05) is 33.2 Å². The number of hydrogen-bond donors (Lipinski definition) is 1. The highest BCUT2D eigenvalue weighted by Crippen LogP contribution is 2.67. The molecule has 0 aromatic rings. The van der Waals surface area contributed by atoms with Crippen molar-refractivity contribution in [3.63, 3.8) is 0 Å². The maximum atomic E-state index is 13.4. The number of nitrogens with zero attached hydrogens (tertiary/aromatic N) is 3. The van der Waals surface area contributed by atoms with Crippen molar-refractivity contribution in [2.24, 2.45) is 46.3 Å². The minimum absolute atomic E-state index is 0.0725. The summed E-state index contributed by atoms with van der Waals surface area (Å²) < 4.78 is 0. The quantitative estimate of drug-likeness (QED) is 0.381. The Kier molecular flexibility index (Phi) is 8.04. The molecule has 0 aromatic carbocycles. The van der Waals surface area contributed by atoms with E-state index in [9.17, 15) is 14.7 Å². The zero-order valence-electron chi connectivity index (χ0n) is 26.6. The van der Waals surface area contributed by atoms with Crippen molar-refractivity contribution < 1.29 is 14.7 Å². The van der Waals surface area contributed by atoms with Crippen LogP contribution in [0.3, 0.4) is 0 Å². The first-order chi connectivity index (χ1) is 19.5. The SMILES string of the molecule is CC1CN(C(=O)CC[C@@H](C)[C@H]2CC[C@H]3[C@@H]4CC=C5C[C@@H](O)CC[C@]5(C)[C@H]4CC[C@]23C)CCN1C(=O)N(C)CC1CC1. The third-order valence-electron chi connectivity index (χ3n) is 13.4. The van der Waals surface area contributed by atoms with Crippen LogP contribution in [0.2, 0.25) is 0 Å². The molecule has 1 N–H and O–H groups in total. The molecule has 0 radical (unpaired) electrons. The van der Waals surface area contributed by atoms with E-state index in [1.165, 1.54) is 44.9 Å². The molecule has 6 heteroatoms. The summed E-state index contributed by atoms with van der Waals surface area (Å²) in [4.78, 5) is 32.2. The Hall–Kier alpha value is -1.56. The van der Waals surface area contributed by atoms with Crippen LogP contribution in [0, 0.1) is 46.3 Å². The van der Waals surface area contributed by atoms with Gasteiger partial charge in [-0.1, -0.05) is 32.4 Å². The van der Waals surface area contributed by atoms with Crippen LogP contribution < -0.4 is 0 Å². The molecule has 5 fully saturated rings. The van der Waals surface area contributed by atoms with Gasteiger partial charge in [-0.3, -0.25) is 4.79 Å². The monoisotopic (exact) mass is 567 g/mol. The maximum absolute atomic E-state index is 13.4. The Morgan fingerprint density at radius 1 is 1.07 bits per heavy atom. The van der Waals surface area contributed by atoms with Crippen LogP contribution in [-0.2, 0) is 4.79 Å². The topological polar surface area (TPSA) is 64.1 Å². The van der Waals surface area contributed by atoms with Crippen LogP contribution in [0.4, 0.5) is 4.79 Å². The molecule has 1 unspecified atom stereocenters. The van der Waals surface area contributed by atoms with Crippen LogP contribution in [0.15, 0.2) is 11.6 Å². The first-order valence-corrected chi connectivity index (χ1v) is 17.2. The fourth-order valence-electron chi connectivity index (χ4n) is 10.8. The predicted octanol–water partition coefficient (Wildman–Crippen LogP) is 6.34. The Morgan fingerprint density at radius 2 is 1.85 bits per heavy atom. The van der Waals surface area contributed by atoms with E-state index in [0.29, 0.717) is 54.6 Å². The van der Waals surface area contributed by atoms with Gasteiger partial charge in [0.2, 0.25) is 5.91 Å². The van der Waals surface area contributed by atoms with Gasteiger partial charge in [-0.2, -0.15) is 0 Å². The zero-order valence-corrected chi connectivity index (χ0v) is 26.6. The minimum atomic E-state index is -0.132. The van der Waals surface area contributed by atoms with Gasteiger partial charge in [0.15, 0.2) is 0 Å². The molecule has 6 rings (SSSR count). The molecule has 0 bridgehead atoms. The minimum Gasteiger partial charge on any atom is -0.393 e. The van der Waals surface area contributed by atoms with E-state index < -0.39 is 0 Å². The number of aliphatic hydroxyl groups is 1. The highest BCUT2D eigenvalue weighted by atomic mass is 16.3. The Morgan fingerprint density at radius 3 is 2.59 bits per heavy atom. The molecule has 0 spiro atoms. The highest BCUT2D eigenvalue weighted by Gasteiger charge is 2.59. The molecule has 1 aliphatic heterocycles. The zero-order chi connectivity index (χ0) is 29.1. The molecule has 6 aliphatic rings. The van der Waals surface area contributed by atoms with E-state index in [1.807, 2.05) is 21.7 Å². The molecular weight excluding hydrogens is 510 g/mol. The van der Waals surface area contributed by atoms with Gasteiger partial charge in [0, 0.05) is 45.7 Å². The summed E-state index contributed by atoms with van der Waals surface area (Å²) in [6.45, 7) is 12.5. The molecule has 1 saturated heterocycles. The molecule has 1 heterocycles. The lowest BCUT2D eigenvalue weighted by atomic mass is 9.47.